The molecule has 19 heavy (non-hydrogen) atoms. The van der Waals surface area contributed by atoms with Crippen LogP contribution in [0.2, 0.25) is 0 Å². The van der Waals surface area contributed by atoms with Gasteiger partial charge in [0.25, 0.3) is 0 Å². The van der Waals surface area contributed by atoms with E-state index in [1.807, 2.05) is 0 Å². The van der Waals surface area contributed by atoms with E-state index in [1.165, 1.54) is 12.8 Å². The maximum atomic E-state index is 9.90. The lowest BCUT2D eigenvalue weighted by Gasteiger charge is -2.13. The van der Waals surface area contributed by atoms with Crippen LogP contribution in [0, 0.1) is 17.8 Å². The predicted octanol–water partition coefficient (Wildman–Crippen LogP) is 1.91. The van der Waals surface area contributed by atoms with Crippen molar-refractivity contribution in [2.75, 3.05) is 6.61 Å². The zero-order valence-corrected chi connectivity index (χ0v) is 11.0. The van der Waals surface area contributed by atoms with E-state index in [4.69, 9.17) is 15.3 Å². The Morgan fingerprint density at radius 2 is 1.58 bits per heavy atom. The summed E-state index contributed by atoms with van der Waals surface area (Å²) < 4.78 is 0. The average Bonchev–Trinajstić information content (AvgIpc) is 2.97. The SMILES string of the molecule is O=C(O)CCCCC(=O)O.OCC1CC2C=CC1C2. The molecule has 0 spiro atoms. The third kappa shape index (κ3) is 5.87. The van der Waals surface area contributed by atoms with E-state index in [2.05, 4.69) is 12.2 Å². The average molecular weight is 270 g/mol. The van der Waals surface area contributed by atoms with Crippen LogP contribution in [0.4, 0.5) is 0 Å². The zero-order chi connectivity index (χ0) is 14.3. The summed E-state index contributed by atoms with van der Waals surface area (Å²) in [7, 11) is 0. The molecule has 108 valence electrons. The lowest BCUT2D eigenvalue weighted by molar-refractivity contribution is -0.139. The van der Waals surface area contributed by atoms with Crippen LogP contribution in [0.25, 0.3) is 0 Å². The largest absolute Gasteiger partial charge is 0.481 e. The molecule has 2 rings (SSSR count). The van der Waals surface area contributed by atoms with Gasteiger partial charge < -0.3 is 15.3 Å². The van der Waals surface area contributed by atoms with Crippen LogP contribution in [-0.4, -0.2) is 33.9 Å². The van der Waals surface area contributed by atoms with Crippen LogP contribution in [0.5, 0.6) is 0 Å². The molecule has 3 N–H and O–H groups in total. The number of hydrogen-bond acceptors (Lipinski definition) is 3. The van der Waals surface area contributed by atoms with Gasteiger partial charge in [-0.05, 0) is 43.4 Å². The molecule has 0 aromatic rings. The Bertz CT molecular complexity index is 321. The molecule has 3 atom stereocenters. The molecular formula is C14H22O5. The summed E-state index contributed by atoms with van der Waals surface area (Å²) in [6.07, 6.45) is 8.14. The number of allylic oxidation sites excluding steroid dienone is 2. The minimum absolute atomic E-state index is 0.0628. The molecule has 5 heteroatoms. The van der Waals surface area contributed by atoms with Crippen LogP contribution in [0.3, 0.4) is 0 Å². The Morgan fingerprint density at radius 1 is 1.00 bits per heavy atom. The number of fused-ring (bicyclic) bond motifs is 2. The molecule has 0 aromatic heterocycles. The Hall–Kier alpha value is -1.36. The van der Waals surface area contributed by atoms with Gasteiger partial charge in [0.2, 0.25) is 0 Å². The van der Waals surface area contributed by atoms with Crippen LogP contribution >= 0.6 is 0 Å². The molecule has 2 bridgehead atoms. The summed E-state index contributed by atoms with van der Waals surface area (Å²) in [5.41, 5.74) is 0. The van der Waals surface area contributed by atoms with Gasteiger partial charge >= 0.3 is 11.9 Å². The third-order valence-corrected chi connectivity index (χ3v) is 3.68. The quantitative estimate of drug-likeness (QED) is 0.506. The molecule has 0 amide bonds. The summed E-state index contributed by atoms with van der Waals surface area (Å²) in [6, 6.07) is 0. The summed E-state index contributed by atoms with van der Waals surface area (Å²) >= 11 is 0. The molecule has 5 nitrogen and oxygen atoms in total. The van der Waals surface area contributed by atoms with Crippen molar-refractivity contribution in [2.24, 2.45) is 17.8 Å². The minimum Gasteiger partial charge on any atom is -0.481 e. The molecule has 3 unspecified atom stereocenters. The number of unbranched alkanes of at least 4 members (excludes halogenated alkanes) is 1. The highest BCUT2D eigenvalue weighted by Crippen LogP contribution is 2.42. The maximum Gasteiger partial charge on any atom is 0.303 e. The number of aliphatic hydroxyl groups excluding tert-OH is 1. The van der Waals surface area contributed by atoms with E-state index in [0.717, 1.165) is 11.8 Å². The monoisotopic (exact) mass is 270 g/mol. The first-order chi connectivity index (χ1) is 9.02. The van der Waals surface area contributed by atoms with E-state index in [-0.39, 0.29) is 12.8 Å². The first-order valence-corrected chi connectivity index (χ1v) is 6.75. The van der Waals surface area contributed by atoms with Crippen LogP contribution in [-0.2, 0) is 9.59 Å². The summed E-state index contributed by atoms with van der Waals surface area (Å²) in [4.78, 5) is 19.8. The summed E-state index contributed by atoms with van der Waals surface area (Å²) in [6.45, 7) is 0.394. The molecule has 2 aliphatic rings. The van der Waals surface area contributed by atoms with Crippen molar-refractivity contribution < 1.29 is 24.9 Å². The number of aliphatic hydroxyl groups is 1. The highest BCUT2D eigenvalue weighted by molar-refractivity contribution is 5.67. The minimum atomic E-state index is -0.870. The van der Waals surface area contributed by atoms with Crippen LogP contribution < -0.4 is 0 Å². The van der Waals surface area contributed by atoms with Gasteiger partial charge in [-0.1, -0.05) is 12.2 Å². The van der Waals surface area contributed by atoms with Crippen LogP contribution in [0.15, 0.2) is 12.2 Å². The van der Waals surface area contributed by atoms with Gasteiger partial charge in [-0.25, -0.2) is 0 Å². The van der Waals surface area contributed by atoms with Gasteiger partial charge in [0.1, 0.15) is 0 Å². The fourth-order valence-electron chi connectivity index (χ4n) is 2.66. The Balaban J connectivity index is 0.000000190. The van der Waals surface area contributed by atoms with Gasteiger partial charge in [-0.2, -0.15) is 0 Å². The molecule has 0 saturated heterocycles. The zero-order valence-electron chi connectivity index (χ0n) is 11.0. The van der Waals surface area contributed by atoms with Crippen molar-refractivity contribution in [3.05, 3.63) is 12.2 Å². The Labute approximate surface area is 112 Å². The van der Waals surface area contributed by atoms with E-state index >= 15 is 0 Å². The summed E-state index contributed by atoms with van der Waals surface area (Å²) in [5, 5.41) is 25.1. The third-order valence-electron chi connectivity index (χ3n) is 3.68. The smallest absolute Gasteiger partial charge is 0.303 e. The second-order valence-electron chi connectivity index (χ2n) is 5.22. The molecule has 0 aliphatic heterocycles. The van der Waals surface area contributed by atoms with Crippen molar-refractivity contribution in [3.63, 3.8) is 0 Å². The lowest BCUT2D eigenvalue weighted by atomic mass is 9.95. The molecular weight excluding hydrogens is 248 g/mol. The molecule has 2 aliphatic carbocycles. The maximum absolute atomic E-state index is 9.90. The fourth-order valence-corrected chi connectivity index (χ4v) is 2.66. The number of hydrogen-bond donors (Lipinski definition) is 3. The van der Waals surface area contributed by atoms with Crippen molar-refractivity contribution in [3.8, 4) is 0 Å². The number of rotatable bonds is 6. The first kappa shape index (κ1) is 15.7. The van der Waals surface area contributed by atoms with E-state index in [9.17, 15) is 9.59 Å². The van der Waals surface area contributed by atoms with Crippen molar-refractivity contribution in [2.45, 2.75) is 38.5 Å². The van der Waals surface area contributed by atoms with E-state index in [1.54, 1.807) is 0 Å². The van der Waals surface area contributed by atoms with Gasteiger partial charge in [0.05, 0.1) is 0 Å². The topological polar surface area (TPSA) is 94.8 Å². The normalized spacial score (nSPS) is 26.9. The van der Waals surface area contributed by atoms with Crippen LogP contribution in [0.1, 0.15) is 38.5 Å². The Kier molecular flexibility index (Phi) is 6.56. The molecule has 1 fully saturated rings. The first-order valence-electron chi connectivity index (χ1n) is 6.75. The number of carboxylic acids is 2. The van der Waals surface area contributed by atoms with Crippen molar-refractivity contribution in [1.29, 1.82) is 0 Å². The standard InChI is InChI=1S/C8H12O.C6H10O4/c9-5-8-4-6-1-2-7(8)3-6;7-5(8)3-1-2-4-6(9)10/h1-2,6-9H,3-5H2;1-4H2,(H,7,8)(H,9,10). The second kappa shape index (κ2) is 7.94. The number of carboxylic acid groups (broad SMARTS) is 2. The lowest BCUT2D eigenvalue weighted by Crippen LogP contribution is -2.10. The van der Waals surface area contributed by atoms with E-state index < -0.39 is 11.9 Å². The molecule has 0 heterocycles. The van der Waals surface area contributed by atoms with E-state index in [0.29, 0.717) is 25.4 Å². The Morgan fingerprint density at radius 3 is 1.84 bits per heavy atom. The highest BCUT2D eigenvalue weighted by atomic mass is 16.4. The van der Waals surface area contributed by atoms with Crippen molar-refractivity contribution in [1.82, 2.24) is 0 Å². The second-order valence-corrected chi connectivity index (χ2v) is 5.22. The van der Waals surface area contributed by atoms with Gasteiger partial charge in [0.15, 0.2) is 0 Å². The van der Waals surface area contributed by atoms with Gasteiger partial charge in [-0.15, -0.1) is 0 Å². The fraction of sp³-hybridized carbons (Fsp3) is 0.714. The highest BCUT2D eigenvalue weighted by Gasteiger charge is 2.34. The van der Waals surface area contributed by atoms with Crippen molar-refractivity contribution >= 4 is 11.9 Å². The number of carbonyl (C=O) groups is 2. The molecule has 0 aromatic carbocycles. The summed E-state index contributed by atoms with van der Waals surface area (Å²) in [5.74, 6) is 0.392. The van der Waals surface area contributed by atoms with Gasteiger partial charge in [-0.3, -0.25) is 9.59 Å². The number of aliphatic carboxylic acids is 2. The molecule has 0 radical (unpaired) electrons. The predicted molar refractivity (Wildman–Crippen MR) is 69.7 cm³/mol. The molecule has 1 saturated carbocycles. The van der Waals surface area contributed by atoms with Gasteiger partial charge in [0, 0.05) is 19.4 Å².